The molecule has 2 aromatic rings. The Bertz CT molecular complexity index is 624. The van der Waals surface area contributed by atoms with Crippen LogP contribution in [-0.2, 0) is 17.8 Å². The zero-order valence-corrected chi connectivity index (χ0v) is 12.2. The van der Waals surface area contributed by atoms with E-state index in [2.05, 4.69) is 22.8 Å². The van der Waals surface area contributed by atoms with Gasteiger partial charge in [0.2, 0.25) is 5.91 Å². The fourth-order valence-corrected chi connectivity index (χ4v) is 2.78. The van der Waals surface area contributed by atoms with Crippen LogP contribution in [0.3, 0.4) is 0 Å². The number of carbonyl (C=O) groups is 1. The lowest BCUT2D eigenvalue weighted by Gasteiger charge is -2.26. The molecule has 0 bridgehead atoms. The summed E-state index contributed by atoms with van der Waals surface area (Å²) >= 11 is 0. The minimum atomic E-state index is -0.147. The maximum Gasteiger partial charge on any atom is 0.237 e. The molecule has 1 heterocycles. The molecule has 1 aliphatic heterocycles. The first-order valence-electron chi connectivity index (χ1n) is 7.39. The van der Waals surface area contributed by atoms with Gasteiger partial charge in [0.15, 0.2) is 0 Å². The molecule has 0 saturated carbocycles. The predicted octanol–water partition coefficient (Wildman–Crippen LogP) is 2.58. The zero-order chi connectivity index (χ0) is 14.7. The van der Waals surface area contributed by atoms with E-state index < -0.39 is 0 Å². The molecular weight excluding hydrogens is 260 g/mol. The number of benzene rings is 2. The van der Waals surface area contributed by atoms with Gasteiger partial charge in [-0.1, -0.05) is 54.6 Å². The standard InChI is InChI=1S/C18H20N2O/c1-13(14-7-3-2-4-8-14)20-18(21)17-11-15-9-5-6-10-16(15)12-19-17/h2-10,13,17,19H,11-12H2,1H3,(H,20,21)/t13-,17?/m0/s1. The lowest BCUT2D eigenvalue weighted by atomic mass is 9.95. The molecule has 1 aliphatic rings. The molecule has 1 unspecified atom stereocenters. The summed E-state index contributed by atoms with van der Waals surface area (Å²) in [5.41, 5.74) is 3.68. The normalized spacial score (nSPS) is 18.6. The van der Waals surface area contributed by atoms with Crippen LogP contribution in [0.1, 0.15) is 29.7 Å². The maximum atomic E-state index is 12.4. The molecule has 0 saturated heterocycles. The molecule has 0 spiro atoms. The summed E-state index contributed by atoms with van der Waals surface area (Å²) in [6.07, 6.45) is 0.753. The molecule has 2 atom stereocenters. The molecule has 0 aliphatic carbocycles. The average molecular weight is 280 g/mol. The largest absolute Gasteiger partial charge is 0.348 e. The van der Waals surface area contributed by atoms with Crippen LogP contribution in [0.5, 0.6) is 0 Å². The van der Waals surface area contributed by atoms with Crippen LogP contribution in [0.2, 0.25) is 0 Å². The molecule has 1 amide bonds. The van der Waals surface area contributed by atoms with Crippen LogP contribution in [0.15, 0.2) is 54.6 Å². The molecular formula is C18H20N2O. The van der Waals surface area contributed by atoms with Gasteiger partial charge in [0.25, 0.3) is 0 Å². The second kappa shape index (κ2) is 6.10. The first-order valence-corrected chi connectivity index (χ1v) is 7.39. The Hall–Kier alpha value is -2.13. The summed E-state index contributed by atoms with van der Waals surface area (Å²) in [5.74, 6) is 0.0702. The van der Waals surface area contributed by atoms with Crippen molar-refractivity contribution in [3.05, 3.63) is 71.3 Å². The van der Waals surface area contributed by atoms with Crippen LogP contribution >= 0.6 is 0 Å². The topological polar surface area (TPSA) is 41.1 Å². The van der Waals surface area contributed by atoms with Crippen LogP contribution < -0.4 is 10.6 Å². The summed E-state index contributed by atoms with van der Waals surface area (Å²) < 4.78 is 0. The highest BCUT2D eigenvalue weighted by molar-refractivity contribution is 5.82. The lowest BCUT2D eigenvalue weighted by Crippen LogP contribution is -2.48. The molecule has 3 rings (SSSR count). The van der Waals surface area contributed by atoms with E-state index in [1.807, 2.05) is 49.4 Å². The summed E-state index contributed by atoms with van der Waals surface area (Å²) in [4.78, 5) is 12.4. The van der Waals surface area contributed by atoms with Gasteiger partial charge in [-0.15, -0.1) is 0 Å². The van der Waals surface area contributed by atoms with E-state index in [0.29, 0.717) is 0 Å². The number of hydrogen-bond acceptors (Lipinski definition) is 2. The monoisotopic (exact) mass is 280 g/mol. The number of hydrogen-bond donors (Lipinski definition) is 2. The Morgan fingerprint density at radius 3 is 2.52 bits per heavy atom. The Kier molecular flexibility index (Phi) is 4.02. The quantitative estimate of drug-likeness (QED) is 0.907. The van der Waals surface area contributed by atoms with Crippen LogP contribution in [-0.4, -0.2) is 11.9 Å². The number of amides is 1. The van der Waals surface area contributed by atoms with E-state index in [4.69, 9.17) is 0 Å². The summed E-state index contributed by atoms with van der Waals surface area (Å²) in [7, 11) is 0. The van der Waals surface area contributed by atoms with E-state index in [0.717, 1.165) is 18.5 Å². The minimum absolute atomic E-state index is 0.0256. The number of nitrogens with one attached hydrogen (secondary N) is 2. The Balaban J connectivity index is 1.65. The number of rotatable bonds is 3. The molecule has 0 radical (unpaired) electrons. The van der Waals surface area contributed by atoms with Crippen molar-refractivity contribution in [2.45, 2.75) is 32.0 Å². The van der Waals surface area contributed by atoms with E-state index in [1.54, 1.807) is 0 Å². The molecule has 2 N–H and O–H groups in total. The van der Waals surface area contributed by atoms with E-state index in [9.17, 15) is 4.79 Å². The van der Waals surface area contributed by atoms with Gasteiger partial charge in [-0.2, -0.15) is 0 Å². The van der Waals surface area contributed by atoms with Crippen molar-refractivity contribution < 1.29 is 4.79 Å². The number of carbonyl (C=O) groups excluding carboxylic acids is 1. The first kappa shape index (κ1) is 13.8. The second-order valence-corrected chi connectivity index (χ2v) is 5.55. The van der Waals surface area contributed by atoms with Crippen molar-refractivity contribution in [3.8, 4) is 0 Å². The zero-order valence-electron chi connectivity index (χ0n) is 12.2. The fraction of sp³-hybridized carbons (Fsp3) is 0.278. The molecule has 108 valence electrons. The van der Waals surface area contributed by atoms with Crippen LogP contribution in [0, 0.1) is 0 Å². The molecule has 0 aromatic heterocycles. The summed E-state index contributed by atoms with van der Waals surface area (Å²) in [6, 6.07) is 18.2. The van der Waals surface area contributed by atoms with Crippen molar-refractivity contribution in [1.82, 2.24) is 10.6 Å². The van der Waals surface area contributed by atoms with Crippen molar-refractivity contribution in [2.75, 3.05) is 0 Å². The van der Waals surface area contributed by atoms with Gasteiger partial charge >= 0.3 is 0 Å². The third-order valence-electron chi connectivity index (χ3n) is 4.06. The van der Waals surface area contributed by atoms with Crippen molar-refractivity contribution in [1.29, 1.82) is 0 Å². The average Bonchev–Trinajstić information content (AvgIpc) is 2.55. The highest BCUT2D eigenvalue weighted by atomic mass is 16.2. The van der Waals surface area contributed by atoms with Gasteiger partial charge in [0.05, 0.1) is 12.1 Å². The van der Waals surface area contributed by atoms with Crippen LogP contribution in [0.4, 0.5) is 0 Å². The van der Waals surface area contributed by atoms with Gasteiger partial charge in [-0.3, -0.25) is 4.79 Å². The SMILES string of the molecule is C[C@H](NC(=O)C1Cc2ccccc2CN1)c1ccccc1. The van der Waals surface area contributed by atoms with E-state index in [1.165, 1.54) is 11.1 Å². The van der Waals surface area contributed by atoms with E-state index in [-0.39, 0.29) is 18.0 Å². The summed E-state index contributed by atoms with van der Waals surface area (Å²) in [6.45, 7) is 2.78. The summed E-state index contributed by atoms with van der Waals surface area (Å²) in [5, 5.41) is 6.42. The molecule has 21 heavy (non-hydrogen) atoms. The first-order chi connectivity index (χ1) is 10.2. The highest BCUT2D eigenvalue weighted by Gasteiger charge is 2.24. The van der Waals surface area contributed by atoms with Gasteiger partial charge in [0, 0.05) is 6.54 Å². The Morgan fingerprint density at radius 2 is 1.76 bits per heavy atom. The van der Waals surface area contributed by atoms with Gasteiger partial charge < -0.3 is 10.6 Å². The fourth-order valence-electron chi connectivity index (χ4n) is 2.78. The lowest BCUT2D eigenvalue weighted by molar-refractivity contribution is -0.124. The van der Waals surface area contributed by atoms with Crippen molar-refractivity contribution in [3.63, 3.8) is 0 Å². The minimum Gasteiger partial charge on any atom is -0.348 e. The Labute approximate surface area is 125 Å². The molecule has 0 fully saturated rings. The van der Waals surface area contributed by atoms with Gasteiger partial charge in [-0.25, -0.2) is 0 Å². The van der Waals surface area contributed by atoms with Crippen LogP contribution in [0.25, 0.3) is 0 Å². The smallest absolute Gasteiger partial charge is 0.237 e. The predicted molar refractivity (Wildman–Crippen MR) is 83.8 cm³/mol. The Morgan fingerprint density at radius 1 is 1.10 bits per heavy atom. The van der Waals surface area contributed by atoms with E-state index >= 15 is 0 Å². The maximum absolute atomic E-state index is 12.4. The second-order valence-electron chi connectivity index (χ2n) is 5.55. The number of fused-ring (bicyclic) bond motifs is 1. The third-order valence-corrected chi connectivity index (χ3v) is 4.06. The van der Waals surface area contributed by atoms with Crippen molar-refractivity contribution in [2.24, 2.45) is 0 Å². The molecule has 3 nitrogen and oxygen atoms in total. The third kappa shape index (κ3) is 3.14. The highest BCUT2D eigenvalue weighted by Crippen LogP contribution is 2.17. The van der Waals surface area contributed by atoms with Crippen molar-refractivity contribution >= 4 is 5.91 Å². The van der Waals surface area contributed by atoms with Gasteiger partial charge in [-0.05, 0) is 30.0 Å². The van der Waals surface area contributed by atoms with Gasteiger partial charge in [0.1, 0.15) is 0 Å². The molecule has 3 heteroatoms. The molecule has 2 aromatic carbocycles.